The largest absolute Gasteiger partial charge is 0.349 e. The summed E-state index contributed by atoms with van der Waals surface area (Å²) < 4.78 is 0. The van der Waals surface area contributed by atoms with Crippen LogP contribution in [0.2, 0.25) is 5.15 Å². The highest BCUT2D eigenvalue weighted by Crippen LogP contribution is 2.06. The number of allylic oxidation sites excluding steroid dienone is 1. The van der Waals surface area contributed by atoms with Crippen molar-refractivity contribution >= 4 is 17.5 Å². The third-order valence-corrected chi connectivity index (χ3v) is 1.97. The topological polar surface area (TPSA) is 42.0 Å². The van der Waals surface area contributed by atoms with Crippen molar-refractivity contribution in [3.63, 3.8) is 0 Å². The Balaban J connectivity index is 2.58. The fourth-order valence-corrected chi connectivity index (χ4v) is 1.17. The van der Waals surface area contributed by atoms with Crippen molar-refractivity contribution in [1.82, 2.24) is 10.3 Å². The van der Waals surface area contributed by atoms with Crippen LogP contribution in [0.25, 0.3) is 0 Å². The van der Waals surface area contributed by atoms with Crippen LogP contribution in [0, 0.1) is 0 Å². The number of nitrogens with zero attached hydrogens (tertiary/aromatic N) is 1. The molecular weight excluding hydrogens is 212 g/mol. The molecule has 0 bridgehead atoms. The van der Waals surface area contributed by atoms with Crippen LogP contribution in [-0.4, -0.2) is 17.4 Å². The fourth-order valence-electron chi connectivity index (χ4n) is 0.994. The van der Waals surface area contributed by atoms with Gasteiger partial charge in [-0.3, -0.25) is 4.79 Å². The number of hydrogen-bond donors (Lipinski definition) is 1. The lowest BCUT2D eigenvalue weighted by atomic mass is 10.2. The van der Waals surface area contributed by atoms with Crippen molar-refractivity contribution in [3.8, 4) is 0 Å². The third-order valence-electron chi connectivity index (χ3n) is 1.76. The molecule has 1 aromatic heterocycles. The minimum Gasteiger partial charge on any atom is -0.349 e. The molecule has 0 aliphatic carbocycles. The molecule has 80 valence electrons. The summed E-state index contributed by atoms with van der Waals surface area (Å²) in [5.41, 5.74) is 1.69. The van der Waals surface area contributed by atoms with Crippen molar-refractivity contribution in [2.75, 3.05) is 6.54 Å². The van der Waals surface area contributed by atoms with E-state index in [2.05, 4.69) is 10.3 Å². The van der Waals surface area contributed by atoms with Crippen molar-refractivity contribution in [3.05, 3.63) is 40.7 Å². The molecule has 1 rings (SSSR count). The van der Waals surface area contributed by atoms with E-state index < -0.39 is 0 Å². The minimum absolute atomic E-state index is 0.142. The van der Waals surface area contributed by atoms with E-state index in [1.54, 1.807) is 12.1 Å². The number of aromatic nitrogens is 1. The van der Waals surface area contributed by atoms with Crippen molar-refractivity contribution < 1.29 is 4.79 Å². The number of pyridine rings is 1. The Hall–Kier alpha value is -1.35. The molecule has 0 atom stereocenters. The van der Waals surface area contributed by atoms with Crippen molar-refractivity contribution in [2.24, 2.45) is 0 Å². The standard InChI is InChI=1S/C11H13ClN2O/c1-8(2)3-5-14-11(15)9-4-6-13-10(12)7-9/h3-4,6-7H,5H2,1-2H3,(H,14,15). The molecule has 0 spiro atoms. The SMILES string of the molecule is CC(C)=CCNC(=O)c1ccnc(Cl)c1. The molecule has 3 nitrogen and oxygen atoms in total. The highest BCUT2D eigenvalue weighted by Gasteiger charge is 2.04. The molecule has 1 aromatic rings. The normalized spacial score (nSPS) is 9.53. The molecule has 4 heteroatoms. The first-order valence-electron chi connectivity index (χ1n) is 4.62. The minimum atomic E-state index is -0.142. The lowest BCUT2D eigenvalue weighted by Crippen LogP contribution is -2.23. The van der Waals surface area contributed by atoms with E-state index in [0.717, 1.165) is 0 Å². The summed E-state index contributed by atoms with van der Waals surface area (Å²) in [5, 5.41) is 3.08. The average molecular weight is 225 g/mol. The zero-order valence-electron chi connectivity index (χ0n) is 8.75. The molecule has 0 aromatic carbocycles. The summed E-state index contributed by atoms with van der Waals surface area (Å²) >= 11 is 5.67. The van der Waals surface area contributed by atoms with Gasteiger partial charge in [-0.25, -0.2) is 4.98 Å². The van der Waals surface area contributed by atoms with Gasteiger partial charge >= 0.3 is 0 Å². The molecule has 0 aliphatic heterocycles. The number of carbonyl (C=O) groups is 1. The Labute approximate surface area is 94.2 Å². The zero-order chi connectivity index (χ0) is 11.3. The highest BCUT2D eigenvalue weighted by atomic mass is 35.5. The summed E-state index contributed by atoms with van der Waals surface area (Å²) in [6.07, 6.45) is 3.46. The Morgan fingerprint density at radius 1 is 1.60 bits per heavy atom. The highest BCUT2D eigenvalue weighted by molar-refractivity contribution is 6.29. The van der Waals surface area contributed by atoms with Crippen LogP contribution in [0.3, 0.4) is 0 Å². The van der Waals surface area contributed by atoms with Crippen molar-refractivity contribution in [2.45, 2.75) is 13.8 Å². The summed E-state index contributed by atoms with van der Waals surface area (Å²) in [7, 11) is 0. The second-order valence-electron chi connectivity index (χ2n) is 3.36. The summed E-state index contributed by atoms with van der Waals surface area (Å²) in [6, 6.07) is 3.17. The number of amides is 1. The van der Waals surface area contributed by atoms with Gasteiger partial charge in [0.2, 0.25) is 0 Å². The van der Waals surface area contributed by atoms with E-state index in [1.807, 2.05) is 19.9 Å². The molecule has 0 saturated carbocycles. The third kappa shape index (κ3) is 4.13. The van der Waals surface area contributed by atoms with E-state index in [0.29, 0.717) is 17.3 Å². The quantitative estimate of drug-likeness (QED) is 0.633. The molecule has 0 saturated heterocycles. The number of nitrogens with one attached hydrogen (secondary N) is 1. The first-order valence-corrected chi connectivity index (χ1v) is 5.00. The van der Waals surface area contributed by atoms with Crippen LogP contribution in [0.15, 0.2) is 30.0 Å². The van der Waals surface area contributed by atoms with Gasteiger partial charge in [-0.15, -0.1) is 0 Å². The predicted octanol–water partition coefficient (Wildman–Crippen LogP) is 2.43. The van der Waals surface area contributed by atoms with Crippen LogP contribution in [0.1, 0.15) is 24.2 Å². The molecule has 15 heavy (non-hydrogen) atoms. The van der Waals surface area contributed by atoms with E-state index >= 15 is 0 Å². The average Bonchev–Trinajstić information content (AvgIpc) is 2.17. The van der Waals surface area contributed by atoms with Gasteiger partial charge in [-0.05, 0) is 26.0 Å². The van der Waals surface area contributed by atoms with Crippen LogP contribution in [0.4, 0.5) is 0 Å². The Morgan fingerprint density at radius 2 is 2.33 bits per heavy atom. The lowest BCUT2D eigenvalue weighted by molar-refractivity contribution is 0.0958. The van der Waals surface area contributed by atoms with Crippen LogP contribution in [-0.2, 0) is 0 Å². The molecule has 0 fully saturated rings. The van der Waals surface area contributed by atoms with E-state index in [-0.39, 0.29) is 5.91 Å². The van der Waals surface area contributed by atoms with E-state index in [4.69, 9.17) is 11.6 Å². The molecule has 1 amide bonds. The molecule has 0 aliphatic rings. The molecule has 0 unspecified atom stereocenters. The fraction of sp³-hybridized carbons (Fsp3) is 0.273. The Kier molecular flexibility index (Phi) is 4.31. The van der Waals surface area contributed by atoms with E-state index in [1.165, 1.54) is 11.8 Å². The first kappa shape index (κ1) is 11.7. The van der Waals surface area contributed by atoms with Gasteiger partial charge in [0, 0.05) is 18.3 Å². The van der Waals surface area contributed by atoms with Gasteiger partial charge in [0.15, 0.2) is 0 Å². The smallest absolute Gasteiger partial charge is 0.251 e. The maximum Gasteiger partial charge on any atom is 0.251 e. The maximum atomic E-state index is 11.6. The van der Waals surface area contributed by atoms with Gasteiger partial charge in [-0.1, -0.05) is 23.3 Å². The second kappa shape index (κ2) is 5.51. The van der Waals surface area contributed by atoms with Gasteiger partial charge < -0.3 is 5.32 Å². The Bertz CT molecular complexity index is 384. The second-order valence-corrected chi connectivity index (χ2v) is 3.75. The van der Waals surface area contributed by atoms with E-state index in [9.17, 15) is 4.79 Å². The molecule has 0 radical (unpaired) electrons. The number of carbonyl (C=O) groups excluding carboxylic acids is 1. The molecule has 1 heterocycles. The number of halogens is 1. The van der Waals surface area contributed by atoms with Gasteiger partial charge in [0.05, 0.1) is 0 Å². The molecule has 1 N–H and O–H groups in total. The zero-order valence-corrected chi connectivity index (χ0v) is 9.51. The summed E-state index contributed by atoms with van der Waals surface area (Å²) in [4.78, 5) is 15.4. The number of hydrogen-bond acceptors (Lipinski definition) is 2. The van der Waals surface area contributed by atoms with Crippen LogP contribution >= 0.6 is 11.6 Å². The van der Waals surface area contributed by atoms with Gasteiger partial charge in [-0.2, -0.15) is 0 Å². The molecular formula is C11H13ClN2O. The maximum absolute atomic E-state index is 11.6. The van der Waals surface area contributed by atoms with Crippen LogP contribution < -0.4 is 5.32 Å². The summed E-state index contributed by atoms with van der Waals surface area (Å²) in [6.45, 7) is 4.49. The number of rotatable bonds is 3. The van der Waals surface area contributed by atoms with Gasteiger partial charge in [0.1, 0.15) is 5.15 Å². The Morgan fingerprint density at radius 3 is 2.93 bits per heavy atom. The van der Waals surface area contributed by atoms with Crippen molar-refractivity contribution in [1.29, 1.82) is 0 Å². The lowest BCUT2D eigenvalue weighted by Gasteiger charge is -2.02. The van der Waals surface area contributed by atoms with Crippen LogP contribution in [0.5, 0.6) is 0 Å². The first-order chi connectivity index (χ1) is 7.09. The van der Waals surface area contributed by atoms with Gasteiger partial charge in [0.25, 0.3) is 5.91 Å². The summed E-state index contributed by atoms with van der Waals surface area (Å²) in [5.74, 6) is -0.142. The predicted molar refractivity (Wildman–Crippen MR) is 61.0 cm³/mol. The monoisotopic (exact) mass is 224 g/mol.